The highest BCUT2D eigenvalue weighted by molar-refractivity contribution is 7.90. The van der Waals surface area contributed by atoms with E-state index in [1.165, 1.54) is 55.6 Å². The van der Waals surface area contributed by atoms with Gasteiger partial charge in [0.1, 0.15) is 23.1 Å². The molecule has 3 N–H and O–H groups in total. The summed E-state index contributed by atoms with van der Waals surface area (Å²) in [5, 5.41) is 3.21. The number of hydrogen-bond donors (Lipinski definition) is 3. The first-order valence-electron chi connectivity index (χ1n) is 9.42. The number of benzene rings is 3. The molecule has 1 heterocycles. The van der Waals surface area contributed by atoms with E-state index in [9.17, 15) is 22.0 Å². The minimum absolute atomic E-state index is 0.104. The smallest absolute Gasteiger partial charge is 0.281 e. The lowest BCUT2D eigenvalue weighted by Crippen LogP contribution is -2.30. The summed E-state index contributed by atoms with van der Waals surface area (Å²) in [6.07, 6.45) is 0. The number of carbonyl (C=O) groups excluding carboxylic acids is 1. The van der Waals surface area contributed by atoms with Gasteiger partial charge in [-0.15, -0.1) is 0 Å². The van der Waals surface area contributed by atoms with E-state index in [1.807, 2.05) is 4.72 Å². The summed E-state index contributed by atoms with van der Waals surface area (Å²) in [4.78, 5) is 15.2. The molecule has 0 saturated heterocycles. The Labute approximate surface area is 192 Å². The lowest BCUT2D eigenvalue weighted by Gasteiger charge is -2.09. The van der Waals surface area contributed by atoms with Gasteiger partial charge in [0.15, 0.2) is 0 Å². The van der Waals surface area contributed by atoms with E-state index in [0.717, 1.165) is 12.1 Å². The number of rotatable bonds is 6. The molecule has 11 heteroatoms. The van der Waals surface area contributed by atoms with Gasteiger partial charge in [-0.1, -0.05) is 11.6 Å². The maximum Gasteiger partial charge on any atom is 0.281 e. The summed E-state index contributed by atoms with van der Waals surface area (Å²) < 4.78 is 59.6. The van der Waals surface area contributed by atoms with Crippen LogP contribution in [0.4, 0.5) is 20.2 Å². The fraction of sp³-hybridized carbons (Fsp3) is 0.0455. The maximum absolute atomic E-state index is 14.2. The van der Waals surface area contributed by atoms with Crippen molar-refractivity contribution in [1.29, 1.82) is 0 Å². The van der Waals surface area contributed by atoms with E-state index in [2.05, 4.69) is 10.3 Å². The predicted octanol–water partition coefficient (Wildman–Crippen LogP) is 4.97. The van der Waals surface area contributed by atoms with E-state index in [0.29, 0.717) is 16.8 Å². The number of H-pyrrole nitrogens is 1. The van der Waals surface area contributed by atoms with Crippen molar-refractivity contribution in [3.05, 3.63) is 83.0 Å². The lowest BCUT2D eigenvalue weighted by molar-refractivity contribution is 0.0977. The summed E-state index contributed by atoms with van der Waals surface area (Å²) in [5.74, 6) is -1.69. The van der Waals surface area contributed by atoms with E-state index in [1.54, 1.807) is 0 Å². The van der Waals surface area contributed by atoms with Crippen LogP contribution >= 0.6 is 11.6 Å². The number of amides is 1. The molecule has 0 unspecified atom stereocenters. The molecule has 170 valence electrons. The Bertz CT molecular complexity index is 1470. The topological polar surface area (TPSA) is 100 Å². The number of carbonyl (C=O) groups is 1. The van der Waals surface area contributed by atoms with Crippen molar-refractivity contribution in [2.45, 2.75) is 4.90 Å². The number of ether oxygens (including phenoxy) is 1. The van der Waals surface area contributed by atoms with Gasteiger partial charge in [0, 0.05) is 11.1 Å². The Morgan fingerprint density at radius 1 is 1.03 bits per heavy atom. The van der Waals surface area contributed by atoms with Crippen molar-refractivity contribution >= 4 is 49.8 Å². The van der Waals surface area contributed by atoms with E-state index < -0.39 is 27.6 Å². The SMILES string of the molecule is COc1ccc(S(=O)(=O)NC(=O)c2cc3c(Nc4ccc(F)c(Cl)c4)cc(F)cc3[nH]2)cc1. The molecule has 0 aliphatic carbocycles. The third-order valence-corrected chi connectivity index (χ3v) is 6.38. The van der Waals surface area contributed by atoms with Crippen LogP contribution in [0.5, 0.6) is 5.75 Å². The Kier molecular flexibility index (Phi) is 5.96. The normalized spacial score (nSPS) is 11.4. The van der Waals surface area contributed by atoms with Crippen LogP contribution in [-0.4, -0.2) is 26.4 Å². The Hall–Kier alpha value is -3.63. The molecule has 0 aliphatic rings. The summed E-state index contributed by atoms with van der Waals surface area (Å²) >= 11 is 5.79. The van der Waals surface area contributed by atoms with Crippen LogP contribution in [0.15, 0.2) is 65.6 Å². The largest absolute Gasteiger partial charge is 0.497 e. The molecule has 7 nitrogen and oxygen atoms in total. The van der Waals surface area contributed by atoms with Gasteiger partial charge < -0.3 is 15.0 Å². The molecule has 0 fully saturated rings. The highest BCUT2D eigenvalue weighted by atomic mass is 35.5. The number of halogens is 3. The van der Waals surface area contributed by atoms with Gasteiger partial charge in [-0.25, -0.2) is 21.9 Å². The molecule has 33 heavy (non-hydrogen) atoms. The van der Waals surface area contributed by atoms with Crippen molar-refractivity contribution < 1.29 is 26.7 Å². The molecule has 0 saturated carbocycles. The lowest BCUT2D eigenvalue weighted by atomic mass is 10.2. The quantitative estimate of drug-likeness (QED) is 0.353. The Balaban J connectivity index is 1.63. The number of aromatic amines is 1. The van der Waals surface area contributed by atoms with Crippen LogP contribution in [0.3, 0.4) is 0 Å². The van der Waals surface area contributed by atoms with Gasteiger partial charge in [0.05, 0.1) is 28.2 Å². The maximum atomic E-state index is 14.2. The van der Waals surface area contributed by atoms with Gasteiger partial charge >= 0.3 is 0 Å². The number of aromatic nitrogens is 1. The van der Waals surface area contributed by atoms with Gasteiger partial charge in [0.2, 0.25) is 0 Å². The van der Waals surface area contributed by atoms with Crippen molar-refractivity contribution in [1.82, 2.24) is 9.71 Å². The summed E-state index contributed by atoms with van der Waals surface area (Å²) in [6.45, 7) is 0. The number of fused-ring (bicyclic) bond motifs is 1. The Morgan fingerprint density at radius 2 is 1.76 bits per heavy atom. The summed E-state index contributed by atoms with van der Waals surface area (Å²) in [5.41, 5.74) is 0.800. The summed E-state index contributed by atoms with van der Waals surface area (Å²) in [7, 11) is -2.72. The van der Waals surface area contributed by atoms with Gasteiger partial charge in [0.25, 0.3) is 15.9 Å². The van der Waals surface area contributed by atoms with Crippen LogP contribution < -0.4 is 14.8 Å². The molecule has 4 aromatic rings. The molecule has 0 atom stereocenters. The molecule has 0 aliphatic heterocycles. The molecule has 0 radical (unpaired) electrons. The molecular weight excluding hydrogens is 476 g/mol. The van der Waals surface area contributed by atoms with Crippen molar-refractivity contribution in [3.8, 4) is 5.75 Å². The molecule has 1 aromatic heterocycles. The average molecular weight is 492 g/mol. The zero-order valence-electron chi connectivity index (χ0n) is 16.9. The van der Waals surface area contributed by atoms with Crippen molar-refractivity contribution in [2.75, 3.05) is 12.4 Å². The van der Waals surface area contributed by atoms with E-state index in [-0.39, 0.29) is 26.8 Å². The van der Waals surface area contributed by atoms with E-state index in [4.69, 9.17) is 16.3 Å². The third kappa shape index (κ3) is 4.76. The van der Waals surface area contributed by atoms with Gasteiger partial charge in [-0.2, -0.15) is 0 Å². The fourth-order valence-corrected chi connectivity index (χ4v) is 4.30. The highest BCUT2D eigenvalue weighted by Gasteiger charge is 2.21. The van der Waals surface area contributed by atoms with E-state index >= 15 is 0 Å². The van der Waals surface area contributed by atoms with Crippen LogP contribution in [0.25, 0.3) is 10.9 Å². The van der Waals surface area contributed by atoms with Crippen LogP contribution in [-0.2, 0) is 10.0 Å². The molecule has 1 amide bonds. The number of sulfonamides is 1. The number of methoxy groups -OCH3 is 1. The number of anilines is 2. The minimum Gasteiger partial charge on any atom is -0.497 e. The van der Waals surface area contributed by atoms with Gasteiger partial charge in [-0.05, 0) is 60.7 Å². The predicted molar refractivity (Wildman–Crippen MR) is 121 cm³/mol. The van der Waals surface area contributed by atoms with Crippen LogP contribution in [0.1, 0.15) is 10.5 Å². The molecule has 4 rings (SSSR count). The van der Waals surface area contributed by atoms with Gasteiger partial charge in [-0.3, -0.25) is 4.79 Å². The first-order valence-corrected chi connectivity index (χ1v) is 11.3. The second-order valence-corrected chi connectivity index (χ2v) is 9.05. The first kappa shape index (κ1) is 22.6. The standard InChI is InChI=1S/C22H16ClF2N3O4S/c1-32-14-3-5-15(6-4-14)33(30,31)28-22(29)21-11-16-19(8-12(24)9-20(16)27-21)26-13-2-7-18(25)17(23)10-13/h2-11,26-27H,1H3,(H,28,29). The first-order chi connectivity index (χ1) is 15.7. The molecular formula is C22H16ClF2N3O4S. The zero-order chi connectivity index (χ0) is 23.8. The third-order valence-electron chi connectivity index (χ3n) is 4.74. The van der Waals surface area contributed by atoms with Crippen LogP contribution in [0, 0.1) is 11.6 Å². The fourth-order valence-electron chi connectivity index (χ4n) is 3.15. The van der Waals surface area contributed by atoms with Crippen LogP contribution in [0.2, 0.25) is 5.02 Å². The molecule has 3 aromatic carbocycles. The average Bonchev–Trinajstić information content (AvgIpc) is 3.20. The Morgan fingerprint density at radius 3 is 2.42 bits per heavy atom. The summed E-state index contributed by atoms with van der Waals surface area (Å²) in [6, 6.07) is 13.1. The van der Waals surface area contributed by atoms with Crippen molar-refractivity contribution in [2.24, 2.45) is 0 Å². The number of hydrogen-bond acceptors (Lipinski definition) is 5. The second kappa shape index (κ2) is 8.72. The molecule has 0 bridgehead atoms. The molecule has 0 spiro atoms. The van der Waals surface area contributed by atoms with Crippen molar-refractivity contribution in [3.63, 3.8) is 0 Å². The zero-order valence-corrected chi connectivity index (χ0v) is 18.5. The number of nitrogens with one attached hydrogen (secondary N) is 3. The monoisotopic (exact) mass is 491 g/mol. The minimum atomic E-state index is -4.16. The highest BCUT2D eigenvalue weighted by Crippen LogP contribution is 2.30. The second-order valence-electron chi connectivity index (χ2n) is 6.96.